The highest BCUT2D eigenvalue weighted by atomic mass is 16.1. The number of amides is 1. The number of rotatable bonds is 5. The third kappa shape index (κ3) is 4.65. The number of nitrogens with two attached hydrogens (primary N) is 1. The Morgan fingerprint density at radius 3 is 2.48 bits per heavy atom. The van der Waals surface area contributed by atoms with E-state index in [1.165, 1.54) is 0 Å². The van der Waals surface area contributed by atoms with Crippen molar-refractivity contribution in [1.82, 2.24) is 9.88 Å². The van der Waals surface area contributed by atoms with E-state index in [2.05, 4.69) is 34.2 Å². The number of pyridine rings is 1. The molecule has 0 saturated carbocycles. The minimum absolute atomic E-state index is 0.0907. The van der Waals surface area contributed by atoms with Crippen LogP contribution in [-0.2, 0) is 4.79 Å². The van der Waals surface area contributed by atoms with Crippen LogP contribution in [-0.4, -0.2) is 55.1 Å². The van der Waals surface area contributed by atoms with Gasteiger partial charge in [-0.05, 0) is 46.0 Å². The summed E-state index contributed by atoms with van der Waals surface area (Å²) >= 11 is 0. The van der Waals surface area contributed by atoms with Crippen molar-refractivity contribution in [3.8, 4) is 0 Å². The molecule has 0 radical (unpaired) electrons. The van der Waals surface area contributed by atoms with Crippen LogP contribution < -0.4 is 16.0 Å². The van der Waals surface area contributed by atoms with Gasteiger partial charge in [0.05, 0.1) is 17.8 Å². The third-order valence-corrected chi connectivity index (χ3v) is 4.76. The second-order valence-electron chi connectivity index (χ2n) is 6.72. The number of hydrogen-bond acceptors (Lipinski definition) is 5. The first-order chi connectivity index (χ1) is 10.9. The van der Waals surface area contributed by atoms with Crippen LogP contribution in [0.2, 0.25) is 0 Å². The highest BCUT2D eigenvalue weighted by molar-refractivity contribution is 5.91. The molecule has 128 valence electrons. The molecule has 1 aromatic rings. The maximum atomic E-state index is 12.0. The molecule has 1 aromatic heterocycles. The zero-order chi connectivity index (χ0) is 17.0. The van der Waals surface area contributed by atoms with Gasteiger partial charge in [0, 0.05) is 25.2 Å². The number of nitrogens with one attached hydrogen (secondary N) is 1. The average Bonchev–Trinajstić information content (AvgIpc) is 2.54. The molecule has 23 heavy (non-hydrogen) atoms. The summed E-state index contributed by atoms with van der Waals surface area (Å²) in [6.07, 6.45) is 4.16. The molecule has 0 spiro atoms. The Bertz CT molecular complexity index is 506. The van der Waals surface area contributed by atoms with Crippen molar-refractivity contribution in [3.05, 3.63) is 18.3 Å². The fourth-order valence-electron chi connectivity index (χ4n) is 2.77. The van der Waals surface area contributed by atoms with Gasteiger partial charge in [0.15, 0.2) is 0 Å². The summed E-state index contributed by atoms with van der Waals surface area (Å²) < 4.78 is 0. The zero-order valence-corrected chi connectivity index (χ0v) is 14.6. The third-order valence-electron chi connectivity index (χ3n) is 4.76. The first-order valence-corrected chi connectivity index (χ1v) is 8.32. The van der Waals surface area contributed by atoms with Crippen molar-refractivity contribution in [2.45, 2.75) is 38.8 Å². The minimum atomic E-state index is -0.235. The molecule has 0 bridgehead atoms. The van der Waals surface area contributed by atoms with Crippen LogP contribution in [0.3, 0.4) is 0 Å². The van der Waals surface area contributed by atoms with Gasteiger partial charge in [0.2, 0.25) is 5.91 Å². The summed E-state index contributed by atoms with van der Waals surface area (Å²) in [5.41, 5.74) is 6.86. The molecule has 1 aliphatic rings. The van der Waals surface area contributed by atoms with Crippen molar-refractivity contribution in [3.63, 3.8) is 0 Å². The molecular formula is C17H29N5O. The van der Waals surface area contributed by atoms with Gasteiger partial charge < -0.3 is 20.9 Å². The lowest BCUT2D eigenvalue weighted by Gasteiger charge is -2.36. The Labute approximate surface area is 139 Å². The Morgan fingerprint density at radius 1 is 1.35 bits per heavy atom. The molecule has 2 unspecified atom stereocenters. The highest BCUT2D eigenvalue weighted by Gasteiger charge is 2.21. The predicted octanol–water partition coefficient (Wildman–Crippen LogP) is 1.53. The summed E-state index contributed by atoms with van der Waals surface area (Å²) in [4.78, 5) is 21.0. The second-order valence-corrected chi connectivity index (χ2v) is 6.72. The molecule has 0 aliphatic carbocycles. The summed E-state index contributed by atoms with van der Waals surface area (Å²) in [7, 11) is 4.28. The lowest BCUT2D eigenvalue weighted by atomic mass is 10.0. The van der Waals surface area contributed by atoms with Gasteiger partial charge in [0.1, 0.15) is 5.82 Å². The predicted molar refractivity (Wildman–Crippen MR) is 94.6 cm³/mol. The lowest BCUT2D eigenvalue weighted by molar-refractivity contribution is -0.119. The van der Waals surface area contributed by atoms with E-state index < -0.39 is 0 Å². The fourth-order valence-corrected chi connectivity index (χ4v) is 2.77. The first kappa shape index (κ1) is 17.7. The van der Waals surface area contributed by atoms with Crippen LogP contribution in [0.1, 0.15) is 26.7 Å². The van der Waals surface area contributed by atoms with E-state index in [4.69, 9.17) is 5.73 Å². The van der Waals surface area contributed by atoms with E-state index in [-0.39, 0.29) is 17.9 Å². The summed E-state index contributed by atoms with van der Waals surface area (Å²) in [6, 6.07) is 4.37. The van der Waals surface area contributed by atoms with Gasteiger partial charge >= 0.3 is 0 Å². The number of carbonyl (C=O) groups excluding carboxylic acids is 1. The summed E-state index contributed by atoms with van der Waals surface area (Å²) in [5.74, 6) is 0.253. The zero-order valence-electron chi connectivity index (χ0n) is 14.6. The van der Waals surface area contributed by atoms with E-state index in [1.54, 1.807) is 0 Å². The molecular weight excluding hydrogens is 290 g/mol. The second kappa shape index (κ2) is 7.75. The Morgan fingerprint density at radius 2 is 2.00 bits per heavy atom. The molecule has 0 aromatic carbocycles. The van der Waals surface area contributed by atoms with E-state index in [1.807, 2.05) is 32.2 Å². The molecule has 6 heteroatoms. The molecule has 1 aliphatic heterocycles. The van der Waals surface area contributed by atoms with Crippen LogP contribution in [0.5, 0.6) is 0 Å². The smallest absolute Gasteiger partial charge is 0.229 e. The van der Waals surface area contributed by atoms with Crippen molar-refractivity contribution in [1.29, 1.82) is 0 Å². The first-order valence-electron chi connectivity index (χ1n) is 8.32. The molecule has 2 heterocycles. The van der Waals surface area contributed by atoms with Crippen molar-refractivity contribution >= 4 is 17.4 Å². The molecule has 1 saturated heterocycles. The molecule has 1 fully saturated rings. The molecule has 6 nitrogen and oxygen atoms in total. The maximum Gasteiger partial charge on any atom is 0.229 e. The van der Waals surface area contributed by atoms with Crippen molar-refractivity contribution < 1.29 is 4.79 Å². The van der Waals surface area contributed by atoms with Crippen LogP contribution in [0.15, 0.2) is 18.3 Å². The van der Waals surface area contributed by atoms with Gasteiger partial charge in [-0.25, -0.2) is 4.98 Å². The van der Waals surface area contributed by atoms with Gasteiger partial charge in [-0.15, -0.1) is 0 Å². The van der Waals surface area contributed by atoms with Crippen molar-refractivity contribution in [2.75, 3.05) is 37.4 Å². The topological polar surface area (TPSA) is 74.5 Å². The van der Waals surface area contributed by atoms with E-state index in [9.17, 15) is 4.79 Å². The average molecular weight is 319 g/mol. The number of hydrogen-bond donors (Lipinski definition) is 2. The summed E-state index contributed by atoms with van der Waals surface area (Å²) in [6.45, 7) is 5.73. The molecule has 1 amide bonds. The highest BCUT2D eigenvalue weighted by Crippen LogP contribution is 2.22. The normalized spacial score (nSPS) is 18.8. The standard InChI is InChI=1S/C17H29N5O/c1-12(13(2)18)17(23)20-16-6-5-15(11-19-16)22-9-7-14(8-10-22)21(3)4/h5-6,11-14H,7-10,18H2,1-4H3,(H,19,20,23). The van der Waals surface area contributed by atoms with Gasteiger partial charge in [-0.3, -0.25) is 4.79 Å². The van der Waals surface area contributed by atoms with Crippen LogP contribution in [0, 0.1) is 5.92 Å². The molecule has 2 rings (SSSR count). The van der Waals surface area contributed by atoms with Gasteiger partial charge in [-0.2, -0.15) is 0 Å². The Balaban J connectivity index is 1.91. The Kier molecular flexibility index (Phi) is 5.96. The minimum Gasteiger partial charge on any atom is -0.370 e. The van der Waals surface area contributed by atoms with E-state index in [0.29, 0.717) is 11.9 Å². The van der Waals surface area contributed by atoms with Crippen LogP contribution >= 0.6 is 0 Å². The van der Waals surface area contributed by atoms with Crippen LogP contribution in [0.4, 0.5) is 11.5 Å². The van der Waals surface area contributed by atoms with E-state index in [0.717, 1.165) is 31.6 Å². The van der Waals surface area contributed by atoms with Crippen molar-refractivity contribution in [2.24, 2.45) is 11.7 Å². The van der Waals surface area contributed by atoms with Crippen LogP contribution in [0.25, 0.3) is 0 Å². The summed E-state index contributed by atoms with van der Waals surface area (Å²) in [5, 5.41) is 2.82. The Hall–Kier alpha value is -1.66. The number of anilines is 2. The van der Waals surface area contributed by atoms with Gasteiger partial charge in [0.25, 0.3) is 0 Å². The number of carbonyl (C=O) groups is 1. The number of piperidine rings is 1. The largest absolute Gasteiger partial charge is 0.370 e. The lowest BCUT2D eigenvalue weighted by Crippen LogP contribution is -2.42. The quantitative estimate of drug-likeness (QED) is 0.861. The van der Waals surface area contributed by atoms with Gasteiger partial charge in [-0.1, -0.05) is 6.92 Å². The SMILES string of the molecule is CC(N)C(C)C(=O)Nc1ccc(N2CCC(N(C)C)CC2)cn1. The fraction of sp³-hybridized carbons (Fsp3) is 0.647. The number of nitrogens with zero attached hydrogens (tertiary/aromatic N) is 3. The molecule has 2 atom stereocenters. The van der Waals surface area contributed by atoms with E-state index >= 15 is 0 Å². The molecule has 3 N–H and O–H groups in total. The number of aromatic nitrogens is 1. The monoisotopic (exact) mass is 319 g/mol. The maximum absolute atomic E-state index is 12.0.